The molecule has 0 atom stereocenters. The van der Waals surface area contributed by atoms with Crippen molar-refractivity contribution in [1.29, 1.82) is 0 Å². The molecular weight excluding hydrogens is 325 g/mol. The van der Waals surface area contributed by atoms with E-state index >= 15 is 0 Å². The Morgan fingerprint density at radius 3 is 2.61 bits per heavy atom. The number of halogens is 4. The second-order valence-corrected chi connectivity index (χ2v) is 4.89. The standard InChI is InChI=1S/C13H8BrClF2O/c14-11-6-10(16)2-4-13(11)18-7-8-5-9(15)1-3-12(8)17/h1-6H,7H2. The van der Waals surface area contributed by atoms with Crippen LogP contribution < -0.4 is 4.74 Å². The van der Waals surface area contributed by atoms with Crippen molar-refractivity contribution in [1.82, 2.24) is 0 Å². The molecule has 0 saturated heterocycles. The minimum Gasteiger partial charge on any atom is -0.488 e. The van der Waals surface area contributed by atoms with Crippen molar-refractivity contribution in [2.75, 3.05) is 0 Å². The van der Waals surface area contributed by atoms with E-state index in [0.29, 0.717) is 20.8 Å². The monoisotopic (exact) mass is 332 g/mol. The summed E-state index contributed by atoms with van der Waals surface area (Å²) in [5.41, 5.74) is 0.346. The highest BCUT2D eigenvalue weighted by Gasteiger charge is 2.06. The molecule has 2 aromatic carbocycles. The first-order chi connectivity index (χ1) is 8.56. The Morgan fingerprint density at radius 2 is 1.89 bits per heavy atom. The van der Waals surface area contributed by atoms with Gasteiger partial charge in [0.2, 0.25) is 0 Å². The van der Waals surface area contributed by atoms with E-state index in [1.165, 1.54) is 36.4 Å². The smallest absolute Gasteiger partial charge is 0.134 e. The number of benzene rings is 2. The molecular formula is C13H8BrClF2O. The predicted molar refractivity (Wildman–Crippen MR) is 69.8 cm³/mol. The van der Waals surface area contributed by atoms with Crippen LogP contribution in [0.2, 0.25) is 5.02 Å². The molecule has 18 heavy (non-hydrogen) atoms. The van der Waals surface area contributed by atoms with Crippen LogP contribution in [0.5, 0.6) is 5.75 Å². The number of hydrogen-bond donors (Lipinski definition) is 0. The molecule has 0 aliphatic carbocycles. The van der Waals surface area contributed by atoms with Gasteiger partial charge in [-0.25, -0.2) is 8.78 Å². The van der Waals surface area contributed by atoms with Gasteiger partial charge in [-0.15, -0.1) is 0 Å². The molecule has 0 fully saturated rings. The fourth-order valence-corrected chi connectivity index (χ4v) is 2.06. The molecule has 0 N–H and O–H groups in total. The number of ether oxygens (including phenoxy) is 1. The summed E-state index contributed by atoms with van der Waals surface area (Å²) in [6, 6.07) is 8.27. The third kappa shape index (κ3) is 3.21. The molecule has 0 aromatic heterocycles. The van der Waals surface area contributed by atoms with Crippen LogP contribution in [0.15, 0.2) is 40.9 Å². The van der Waals surface area contributed by atoms with Crippen molar-refractivity contribution in [2.24, 2.45) is 0 Å². The van der Waals surface area contributed by atoms with Gasteiger partial charge in [0.05, 0.1) is 4.47 Å². The average Bonchev–Trinajstić information content (AvgIpc) is 2.32. The Bertz CT molecular complexity index is 575. The van der Waals surface area contributed by atoms with Crippen LogP contribution in [0.1, 0.15) is 5.56 Å². The Hall–Kier alpha value is -1.13. The van der Waals surface area contributed by atoms with Gasteiger partial charge in [-0.1, -0.05) is 11.6 Å². The first-order valence-electron chi connectivity index (χ1n) is 5.08. The van der Waals surface area contributed by atoms with E-state index in [2.05, 4.69) is 15.9 Å². The molecule has 0 amide bonds. The molecule has 2 rings (SSSR count). The quantitative estimate of drug-likeness (QED) is 0.771. The maximum Gasteiger partial charge on any atom is 0.134 e. The van der Waals surface area contributed by atoms with Crippen LogP contribution in [0.25, 0.3) is 0 Å². The van der Waals surface area contributed by atoms with Crippen LogP contribution in [0.3, 0.4) is 0 Å². The molecule has 5 heteroatoms. The summed E-state index contributed by atoms with van der Waals surface area (Å²) in [6.45, 7) is 0.0244. The van der Waals surface area contributed by atoms with Gasteiger partial charge in [0.1, 0.15) is 24.0 Å². The van der Waals surface area contributed by atoms with Gasteiger partial charge in [-0.3, -0.25) is 0 Å². The van der Waals surface area contributed by atoms with E-state index in [-0.39, 0.29) is 12.4 Å². The highest BCUT2D eigenvalue weighted by Crippen LogP contribution is 2.26. The van der Waals surface area contributed by atoms with E-state index < -0.39 is 5.82 Å². The zero-order valence-electron chi connectivity index (χ0n) is 9.09. The predicted octanol–water partition coefficient (Wildman–Crippen LogP) is 4.96. The third-order valence-corrected chi connectivity index (χ3v) is 3.14. The Morgan fingerprint density at radius 1 is 1.11 bits per heavy atom. The minimum atomic E-state index is -0.391. The molecule has 0 aliphatic heterocycles. The Labute approximate surface area is 116 Å². The number of rotatable bonds is 3. The van der Waals surface area contributed by atoms with Gasteiger partial charge >= 0.3 is 0 Å². The van der Waals surface area contributed by atoms with Crippen molar-refractivity contribution in [3.8, 4) is 5.75 Å². The third-order valence-electron chi connectivity index (χ3n) is 2.28. The van der Waals surface area contributed by atoms with Crippen LogP contribution in [0, 0.1) is 11.6 Å². The van der Waals surface area contributed by atoms with Gasteiger partial charge < -0.3 is 4.74 Å². The molecule has 2 aromatic rings. The van der Waals surface area contributed by atoms with Gasteiger partial charge in [-0.05, 0) is 52.3 Å². The second-order valence-electron chi connectivity index (χ2n) is 3.60. The lowest BCUT2D eigenvalue weighted by molar-refractivity contribution is 0.297. The lowest BCUT2D eigenvalue weighted by Crippen LogP contribution is -1.99. The van der Waals surface area contributed by atoms with Crippen LogP contribution in [-0.4, -0.2) is 0 Å². The molecule has 0 saturated carbocycles. The molecule has 0 spiro atoms. The van der Waals surface area contributed by atoms with E-state index in [9.17, 15) is 8.78 Å². The molecule has 0 bridgehead atoms. The zero-order valence-corrected chi connectivity index (χ0v) is 11.4. The van der Waals surface area contributed by atoms with E-state index in [1.54, 1.807) is 0 Å². The fraction of sp³-hybridized carbons (Fsp3) is 0.0769. The molecule has 1 nitrogen and oxygen atoms in total. The maximum atomic E-state index is 13.4. The largest absolute Gasteiger partial charge is 0.488 e. The maximum absolute atomic E-state index is 13.4. The summed E-state index contributed by atoms with van der Waals surface area (Å²) < 4.78 is 32.2. The topological polar surface area (TPSA) is 9.23 Å². The van der Waals surface area contributed by atoms with E-state index in [4.69, 9.17) is 16.3 Å². The Kier molecular flexibility index (Phi) is 4.19. The summed E-state index contributed by atoms with van der Waals surface area (Å²) >= 11 is 8.94. The summed E-state index contributed by atoms with van der Waals surface area (Å²) in [6.07, 6.45) is 0. The molecule has 0 unspecified atom stereocenters. The van der Waals surface area contributed by atoms with E-state index in [1.807, 2.05) is 0 Å². The van der Waals surface area contributed by atoms with Crippen molar-refractivity contribution >= 4 is 27.5 Å². The zero-order chi connectivity index (χ0) is 13.1. The highest BCUT2D eigenvalue weighted by atomic mass is 79.9. The summed E-state index contributed by atoms with van der Waals surface area (Å²) in [5, 5.41) is 0.438. The van der Waals surface area contributed by atoms with Crippen molar-refractivity contribution in [2.45, 2.75) is 6.61 Å². The lowest BCUT2D eigenvalue weighted by atomic mass is 10.2. The Balaban J connectivity index is 2.13. The highest BCUT2D eigenvalue weighted by molar-refractivity contribution is 9.10. The molecule has 0 aliphatic rings. The van der Waals surface area contributed by atoms with Crippen LogP contribution >= 0.6 is 27.5 Å². The second kappa shape index (κ2) is 5.67. The average molecular weight is 334 g/mol. The summed E-state index contributed by atoms with van der Waals surface area (Å²) in [5.74, 6) is -0.323. The van der Waals surface area contributed by atoms with Gasteiger partial charge in [0, 0.05) is 10.6 Å². The SMILES string of the molecule is Fc1ccc(OCc2cc(Cl)ccc2F)c(Br)c1. The lowest BCUT2D eigenvalue weighted by Gasteiger charge is -2.09. The van der Waals surface area contributed by atoms with Crippen molar-refractivity contribution in [3.63, 3.8) is 0 Å². The normalized spacial score (nSPS) is 10.4. The summed E-state index contributed by atoms with van der Waals surface area (Å²) in [7, 11) is 0. The van der Waals surface area contributed by atoms with Gasteiger partial charge in [-0.2, -0.15) is 0 Å². The van der Waals surface area contributed by atoms with Gasteiger partial charge in [0.15, 0.2) is 0 Å². The van der Waals surface area contributed by atoms with Crippen molar-refractivity contribution < 1.29 is 13.5 Å². The fourth-order valence-electron chi connectivity index (χ4n) is 1.40. The first kappa shape index (κ1) is 13.3. The van der Waals surface area contributed by atoms with E-state index in [0.717, 1.165) is 0 Å². The van der Waals surface area contributed by atoms with Crippen LogP contribution in [-0.2, 0) is 6.61 Å². The van der Waals surface area contributed by atoms with Gasteiger partial charge in [0.25, 0.3) is 0 Å². The molecule has 0 radical (unpaired) electrons. The van der Waals surface area contributed by atoms with Crippen molar-refractivity contribution in [3.05, 3.63) is 63.1 Å². The first-order valence-corrected chi connectivity index (χ1v) is 6.25. The molecule has 94 valence electrons. The summed E-state index contributed by atoms with van der Waals surface area (Å²) in [4.78, 5) is 0. The molecule has 0 heterocycles. The minimum absolute atomic E-state index is 0.0244. The number of hydrogen-bond acceptors (Lipinski definition) is 1. The van der Waals surface area contributed by atoms with Crippen LogP contribution in [0.4, 0.5) is 8.78 Å².